The van der Waals surface area contributed by atoms with Gasteiger partial charge >= 0.3 is 0 Å². The van der Waals surface area contributed by atoms with Crippen LogP contribution in [0.4, 0.5) is 0 Å². The minimum Gasteiger partial charge on any atom is -0.354 e. The van der Waals surface area contributed by atoms with E-state index in [0.29, 0.717) is 44.7 Å². The van der Waals surface area contributed by atoms with E-state index in [1.54, 1.807) is 41.3 Å². The Morgan fingerprint density at radius 1 is 1.03 bits per heavy atom. The molecule has 0 aromatic heterocycles. The summed E-state index contributed by atoms with van der Waals surface area (Å²) >= 11 is 26.3. The molecule has 0 aliphatic rings. The van der Waals surface area contributed by atoms with Gasteiger partial charge in [-0.1, -0.05) is 79.3 Å². The predicted molar refractivity (Wildman–Crippen MR) is 142 cm³/mol. The first-order valence-corrected chi connectivity index (χ1v) is 13.3. The van der Waals surface area contributed by atoms with Crippen molar-refractivity contribution in [2.24, 2.45) is 5.92 Å². The summed E-state index contributed by atoms with van der Waals surface area (Å²) < 4.78 is 0. The molecule has 0 fully saturated rings. The van der Waals surface area contributed by atoms with Gasteiger partial charge in [-0.05, 0) is 47.7 Å². The molecule has 4 nitrogen and oxygen atoms in total. The number of hydrogen-bond donors (Lipinski definition) is 1. The van der Waals surface area contributed by atoms with Crippen LogP contribution in [0.1, 0.15) is 38.3 Å². The highest BCUT2D eigenvalue weighted by molar-refractivity contribution is 7.99. The van der Waals surface area contributed by atoms with Gasteiger partial charge in [-0.2, -0.15) is 0 Å². The maximum absolute atomic E-state index is 13.3. The first kappa shape index (κ1) is 28.1. The first-order chi connectivity index (χ1) is 15.6. The second-order valence-electron chi connectivity index (χ2n) is 8.01. The van der Waals surface area contributed by atoms with Gasteiger partial charge in [0.05, 0.1) is 5.75 Å². The molecule has 0 bridgehead atoms. The Morgan fingerprint density at radius 2 is 1.70 bits per heavy atom. The standard InChI is InChI=1S/C24H28Cl4N2O2S/c1-4-22(24(32)29-11-15(2)3)30(12-16-8-9-17(25)10-21(16)28)23(31)14-33-13-18-19(26)6-5-7-20(18)27/h5-10,15,22H,4,11-14H2,1-3H3,(H,29,32)/t22-/m1/s1. The number of hydrogen-bond acceptors (Lipinski definition) is 3. The lowest BCUT2D eigenvalue weighted by Gasteiger charge is -2.31. The highest BCUT2D eigenvalue weighted by Gasteiger charge is 2.29. The predicted octanol–water partition coefficient (Wildman–Crippen LogP) is 7.11. The summed E-state index contributed by atoms with van der Waals surface area (Å²) in [6.07, 6.45) is 0.474. The third-order valence-electron chi connectivity index (χ3n) is 4.96. The Morgan fingerprint density at radius 3 is 2.27 bits per heavy atom. The van der Waals surface area contributed by atoms with E-state index in [9.17, 15) is 9.59 Å². The second kappa shape index (κ2) is 13.7. The average molecular weight is 550 g/mol. The van der Waals surface area contributed by atoms with Gasteiger partial charge in [-0.15, -0.1) is 11.8 Å². The SMILES string of the molecule is CC[C@H](C(=O)NCC(C)C)N(Cc1ccc(Cl)cc1Cl)C(=O)CSCc1c(Cl)cccc1Cl. The summed E-state index contributed by atoms with van der Waals surface area (Å²) in [5, 5.41) is 5.03. The van der Waals surface area contributed by atoms with Gasteiger partial charge in [0.1, 0.15) is 6.04 Å². The summed E-state index contributed by atoms with van der Waals surface area (Å²) in [5.74, 6) is 0.610. The number of halogens is 4. The van der Waals surface area contributed by atoms with Crippen molar-refractivity contribution in [1.29, 1.82) is 0 Å². The zero-order valence-corrected chi connectivity index (χ0v) is 22.7. The fourth-order valence-electron chi connectivity index (χ4n) is 3.17. The maximum atomic E-state index is 13.3. The zero-order chi connectivity index (χ0) is 24.5. The Labute approximate surface area is 220 Å². The molecule has 0 radical (unpaired) electrons. The summed E-state index contributed by atoms with van der Waals surface area (Å²) in [6.45, 7) is 6.68. The summed E-state index contributed by atoms with van der Waals surface area (Å²) in [6, 6.07) is 9.84. The number of nitrogens with one attached hydrogen (secondary N) is 1. The van der Waals surface area contributed by atoms with E-state index in [4.69, 9.17) is 46.4 Å². The number of carbonyl (C=O) groups is 2. The number of rotatable bonds is 11. The molecule has 0 spiro atoms. The van der Waals surface area contributed by atoms with Crippen LogP contribution in [0.25, 0.3) is 0 Å². The minimum absolute atomic E-state index is 0.166. The van der Waals surface area contributed by atoms with Crippen LogP contribution in [-0.2, 0) is 21.9 Å². The van der Waals surface area contributed by atoms with Crippen molar-refractivity contribution in [3.63, 3.8) is 0 Å². The van der Waals surface area contributed by atoms with Crippen molar-refractivity contribution in [3.05, 3.63) is 67.6 Å². The summed E-state index contributed by atoms with van der Waals surface area (Å²) in [5.41, 5.74) is 1.51. The van der Waals surface area contributed by atoms with Crippen LogP contribution >= 0.6 is 58.2 Å². The smallest absolute Gasteiger partial charge is 0.242 e. The van der Waals surface area contributed by atoms with Crippen molar-refractivity contribution < 1.29 is 9.59 Å². The van der Waals surface area contributed by atoms with Gasteiger partial charge in [-0.3, -0.25) is 9.59 Å². The van der Waals surface area contributed by atoms with Gasteiger partial charge in [0.2, 0.25) is 11.8 Å². The highest BCUT2D eigenvalue weighted by Crippen LogP contribution is 2.29. The molecule has 33 heavy (non-hydrogen) atoms. The molecule has 0 saturated heterocycles. The quantitative estimate of drug-likeness (QED) is 0.325. The van der Waals surface area contributed by atoms with E-state index in [1.807, 2.05) is 20.8 Å². The normalized spacial score (nSPS) is 12.0. The molecule has 180 valence electrons. The molecule has 1 N–H and O–H groups in total. The van der Waals surface area contributed by atoms with E-state index in [1.165, 1.54) is 11.8 Å². The lowest BCUT2D eigenvalue weighted by atomic mass is 10.1. The maximum Gasteiger partial charge on any atom is 0.242 e. The van der Waals surface area contributed by atoms with Crippen LogP contribution in [0, 0.1) is 5.92 Å². The van der Waals surface area contributed by atoms with Crippen molar-refractivity contribution in [1.82, 2.24) is 10.2 Å². The summed E-state index contributed by atoms with van der Waals surface area (Å²) in [4.78, 5) is 27.8. The molecule has 0 aliphatic heterocycles. The van der Waals surface area contributed by atoms with Crippen LogP contribution < -0.4 is 5.32 Å². The average Bonchev–Trinajstić information content (AvgIpc) is 2.75. The monoisotopic (exact) mass is 548 g/mol. The molecular weight excluding hydrogens is 522 g/mol. The van der Waals surface area contributed by atoms with Crippen molar-refractivity contribution in [2.75, 3.05) is 12.3 Å². The van der Waals surface area contributed by atoms with E-state index >= 15 is 0 Å². The third-order valence-corrected chi connectivity index (χ3v) is 7.20. The van der Waals surface area contributed by atoms with Crippen LogP contribution in [0.15, 0.2) is 36.4 Å². The molecule has 0 unspecified atom stereocenters. The molecule has 9 heteroatoms. The Balaban J connectivity index is 2.20. The molecule has 0 saturated carbocycles. The number of thioether (sulfide) groups is 1. The van der Waals surface area contributed by atoms with E-state index < -0.39 is 6.04 Å². The zero-order valence-electron chi connectivity index (χ0n) is 18.8. The van der Waals surface area contributed by atoms with Crippen LogP contribution in [0.3, 0.4) is 0 Å². The van der Waals surface area contributed by atoms with Crippen molar-refractivity contribution in [2.45, 2.75) is 45.5 Å². The molecular formula is C24H28Cl4N2O2S. The Kier molecular flexibility index (Phi) is 11.7. The molecule has 0 aliphatic carbocycles. The third kappa shape index (κ3) is 8.56. The fraction of sp³-hybridized carbons (Fsp3) is 0.417. The molecule has 1 atom stereocenters. The lowest BCUT2D eigenvalue weighted by molar-refractivity contribution is -0.139. The van der Waals surface area contributed by atoms with E-state index in [2.05, 4.69) is 5.32 Å². The summed E-state index contributed by atoms with van der Waals surface area (Å²) in [7, 11) is 0. The van der Waals surface area contributed by atoms with E-state index in [0.717, 1.165) is 11.1 Å². The lowest BCUT2D eigenvalue weighted by Crippen LogP contribution is -2.50. The molecule has 2 amide bonds. The number of carbonyl (C=O) groups excluding carboxylic acids is 2. The second-order valence-corrected chi connectivity index (χ2v) is 10.7. The van der Waals surface area contributed by atoms with Crippen molar-refractivity contribution >= 4 is 70.0 Å². The number of benzene rings is 2. The Bertz CT molecular complexity index is 951. The van der Waals surface area contributed by atoms with Gasteiger partial charge in [0.15, 0.2) is 0 Å². The first-order valence-electron chi connectivity index (χ1n) is 10.7. The number of nitrogens with zero attached hydrogens (tertiary/aromatic N) is 1. The highest BCUT2D eigenvalue weighted by atomic mass is 35.5. The molecule has 2 rings (SSSR count). The van der Waals surface area contributed by atoms with E-state index in [-0.39, 0.29) is 24.1 Å². The number of amides is 2. The van der Waals surface area contributed by atoms with Gasteiger partial charge in [0, 0.05) is 38.9 Å². The Hall–Kier alpha value is -1.11. The van der Waals surface area contributed by atoms with Crippen molar-refractivity contribution in [3.8, 4) is 0 Å². The van der Waals surface area contributed by atoms with Crippen LogP contribution in [0.2, 0.25) is 20.1 Å². The van der Waals surface area contributed by atoms with Crippen LogP contribution in [-0.4, -0.2) is 35.1 Å². The molecule has 2 aromatic rings. The largest absolute Gasteiger partial charge is 0.354 e. The van der Waals surface area contributed by atoms with Gasteiger partial charge in [0.25, 0.3) is 0 Å². The fourth-order valence-corrected chi connectivity index (χ4v) is 5.28. The van der Waals surface area contributed by atoms with Gasteiger partial charge < -0.3 is 10.2 Å². The van der Waals surface area contributed by atoms with Gasteiger partial charge in [-0.25, -0.2) is 0 Å². The topological polar surface area (TPSA) is 49.4 Å². The molecule has 0 heterocycles. The molecule has 2 aromatic carbocycles. The van der Waals surface area contributed by atoms with Crippen LogP contribution in [0.5, 0.6) is 0 Å². The minimum atomic E-state index is -0.618.